The van der Waals surface area contributed by atoms with Gasteiger partial charge in [0, 0.05) is 5.69 Å². The Morgan fingerprint density at radius 2 is 1.91 bits per heavy atom. The standard InChI is InChI=1S/C13H18N2O6S/c1-13(2,3)21-12(18)15-9-5-4-6-10(7-9)22(19,20)14-8-11(16)17/h4-7,14H,8H2,1-3H3,(H,15,18)(H,16,17). The fourth-order valence-corrected chi connectivity index (χ4v) is 2.42. The number of amides is 1. The number of benzene rings is 1. The number of carbonyl (C=O) groups is 2. The zero-order valence-corrected chi connectivity index (χ0v) is 13.2. The Bertz CT molecular complexity index is 663. The van der Waals surface area contributed by atoms with E-state index >= 15 is 0 Å². The molecule has 1 rings (SSSR count). The molecule has 0 aliphatic rings. The Labute approximate surface area is 128 Å². The summed E-state index contributed by atoms with van der Waals surface area (Å²) < 4.78 is 30.7. The number of carbonyl (C=O) groups excluding carboxylic acids is 1. The largest absolute Gasteiger partial charge is 0.480 e. The number of hydrogen-bond donors (Lipinski definition) is 3. The van der Waals surface area contributed by atoms with E-state index in [1.807, 2.05) is 4.72 Å². The van der Waals surface area contributed by atoms with Crippen molar-refractivity contribution in [2.45, 2.75) is 31.3 Å². The molecule has 0 aliphatic heterocycles. The van der Waals surface area contributed by atoms with Gasteiger partial charge in [0.2, 0.25) is 10.0 Å². The average Bonchev–Trinajstić information content (AvgIpc) is 2.34. The zero-order chi connectivity index (χ0) is 17.0. The number of ether oxygens (including phenoxy) is 1. The monoisotopic (exact) mass is 330 g/mol. The predicted octanol–water partition coefficient (Wildman–Crippen LogP) is 1.40. The Hall–Kier alpha value is -2.13. The van der Waals surface area contributed by atoms with Gasteiger partial charge in [-0.1, -0.05) is 6.07 Å². The van der Waals surface area contributed by atoms with Gasteiger partial charge in [0.15, 0.2) is 0 Å². The summed E-state index contributed by atoms with van der Waals surface area (Å²) in [6.07, 6.45) is -0.722. The van der Waals surface area contributed by atoms with Gasteiger partial charge in [-0.2, -0.15) is 4.72 Å². The lowest BCUT2D eigenvalue weighted by molar-refractivity contribution is -0.135. The minimum Gasteiger partial charge on any atom is -0.480 e. The van der Waals surface area contributed by atoms with Crippen LogP contribution in [0, 0.1) is 0 Å². The first kappa shape index (κ1) is 17.9. The van der Waals surface area contributed by atoms with Crippen LogP contribution < -0.4 is 10.0 Å². The molecule has 3 N–H and O–H groups in total. The van der Waals surface area contributed by atoms with Crippen molar-refractivity contribution in [2.75, 3.05) is 11.9 Å². The van der Waals surface area contributed by atoms with Crippen molar-refractivity contribution in [1.29, 1.82) is 0 Å². The third-order valence-corrected chi connectivity index (χ3v) is 3.60. The third kappa shape index (κ3) is 6.10. The van der Waals surface area contributed by atoms with Crippen LogP contribution in [-0.4, -0.2) is 37.7 Å². The Morgan fingerprint density at radius 1 is 1.27 bits per heavy atom. The van der Waals surface area contributed by atoms with Gasteiger partial charge in [-0.05, 0) is 39.0 Å². The Balaban J connectivity index is 2.86. The van der Waals surface area contributed by atoms with Gasteiger partial charge in [-0.3, -0.25) is 10.1 Å². The van der Waals surface area contributed by atoms with Gasteiger partial charge in [0.25, 0.3) is 0 Å². The summed E-state index contributed by atoms with van der Waals surface area (Å²) in [4.78, 5) is 21.9. The molecule has 0 aliphatic carbocycles. The summed E-state index contributed by atoms with van der Waals surface area (Å²) in [6, 6.07) is 5.39. The number of rotatable bonds is 5. The number of aliphatic carboxylic acids is 1. The van der Waals surface area contributed by atoms with E-state index in [0.717, 1.165) is 0 Å². The van der Waals surface area contributed by atoms with Gasteiger partial charge < -0.3 is 9.84 Å². The lowest BCUT2D eigenvalue weighted by Gasteiger charge is -2.19. The molecule has 0 heterocycles. The van der Waals surface area contributed by atoms with E-state index in [0.29, 0.717) is 0 Å². The molecule has 22 heavy (non-hydrogen) atoms. The zero-order valence-electron chi connectivity index (χ0n) is 12.4. The van der Waals surface area contributed by atoms with Crippen molar-refractivity contribution in [1.82, 2.24) is 4.72 Å². The van der Waals surface area contributed by atoms with Gasteiger partial charge in [0.05, 0.1) is 4.90 Å². The van der Waals surface area contributed by atoms with Crippen molar-refractivity contribution in [2.24, 2.45) is 0 Å². The van der Waals surface area contributed by atoms with E-state index in [1.165, 1.54) is 24.3 Å². The topological polar surface area (TPSA) is 122 Å². The fraction of sp³-hybridized carbons (Fsp3) is 0.385. The van der Waals surface area contributed by atoms with Crippen LogP contribution >= 0.6 is 0 Å². The molecule has 0 radical (unpaired) electrons. The Kier molecular flexibility index (Phi) is 5.50. The summed E-state index contributed by atoms with van der Waals surface area (Å²) >= 11 is 0. The van der Waals surface area contributed by atoms with Crippen molar-refractivity contribution in [3.8, 4) is 0 Å². The third-order valence-electron chi connectivity index (χ3n) is 2.20. The first-order chi connectivity index (χ1) is 9.99. The summed E-state index contributed by atoms with van der Waals surface area (Å²) in [5, 5.41) is 10.9. The molecular weight excluding hydrogens is 312 g/mol. The van der Waals surface area contributed by atoms with Crippen LogP contribution in [0.3, 0.4) is 0 Å². The quantitative estimate of drug-likeness (QED) is 0.750. The second-order valence-electron chi connectivity index (χ2n) is 5.37. The van der Waals surface area contributed by atoms with E-state index in [9.17, 15) is 18.0 Å². The summed E-state index contributed by atoms with van der Waals surface area (Å²) in [6.45, 7) is 4.36. The number of nitrogens with one attached hydrogen (secondary N) is 2. The molecule has 9 heteroatoms. The lowest BCUT2D eigenvalue weighted by atomic mass is 10.2. The van der Waals surface area contributed by atoms with Crippen molar-refractivity contribution >= 4 is 27.8 Å². The van der Waals surface area contributed by atoms with Gasteiger partial charge in [-0.15, -0.1) is 0 Å². The molecule has 0 saturated heterocycles. The molecule has 0 saturated carbocycles. The normalized spacial score (nSPS) is 11.8. The number of anilines is 1. The van der Waals surface area contributed by atoms with Crippen molar-refractivity contribution in [3.63, 3.8) is 0 Å². The molecule has 0 fully saturated rings. The highest BCUT2D eigenvalue weighted by Gasteiger charge is 2.18. The van der Waals surface area contributed by atoms with Gasteiger partial charge in [-0.25, -0.2) is 13.2 Å². The molecule has 1 amide bonds. The van der Waals surface area contributed by atoms with Crippen LogP contribution in [0.25, 0.3) is 0 Å². The predicted molar refractivity (Wildman–Crippen MR) is 79.1 cm³/mol. The average molecular weight is 330 g/mol. The van der Waals surface area contributed by atoms with Crippen LogP contribution in [0.2, 0.25) is 0 Å². The highest BCUT2D eigenvalue weighted by Crippen LogP contribution is 2.16. The molecule has 0 unspecified atom stereocenters. The minimum absolute atomic E-state index is 0.165. The maximum absolute atomic E-state index is 11.9. The number of carboxylic acid groups (broad SMARTS) is 1. The molecule has 0 aromatic heterocycles. The lowest BCUT2D eigenvalue weighted by Crippen LogP contribution is -2.29. The molecule has 1 aromatic rings. The second-order valence-corrected chi connectivity index (χ2v) is 7.14. The number of hydrogen-bond acceptors (Lipinski definition) is 5. The van der Waals surface area contributed by atoms with Crippen LogP contribution in [0.1, 0.15) is 20.8 Å². The number of carboxylic acids is 1. The second kappa shape index (κ2) is 6.75. The van der Waals surface area contributed by atoms with E-state index in [2.05, 4.69) is 5.32 Å². The molecule has 0 atom stereocenters. The molecule has 0 bridgehead atoms. The SMILES string of the molecule is CC(C)(C)OC(=O)Nc1cccc(S(=O)(=O)NCC(=O)O)c1. The highest BCUT2D eigenvalue weighted by atomic mass is 32.2. The Morgan fingerprint density at radius 3 is 2.45 bits per heavy atom. The smallest absolute Gasteiger partial charge is 0.412 e. The van der Waals surface area contributed by atoms with Crippen LogP contribution in [0.4, 0.5) is 10.5 Å². The molecule has 0 spiro atoms. The summed E-state index contributed by atoms with van der Waals surface area (Å²) in [7, 11) is -3.97. The van der Waals surface area contributed by atoms with Gasteiger partial charge in [0.1, 0.15) is 12.1 Å². The first-order valence-corrected chi connectivity index (χ1v) is 7.79. The summed E-state index contributed by atoms with van der Waals surface area (Å²) in [5.74, 6) is -1.30. The minimum atomic E-state index is -3.97. The van der Waals surface area contributed by atoms with Crippen molar-refractivity contribution < 1.29 is 27.9 Å². The highest BCUT2D eigenvalue weighted by molar-refractivity contribution is 7.89. The maximum Gasteiger partial charge on any atom is 0.412 e. The van der Waals surface area contributed by atoms with E-state index < -0.39 is 34.2 Å². The van der Waals surface area contributed by atoms with Crippen LogP contribution in [0.15, 0.2) is 29.2 Å². The first-order valence-electron chi connectivity index (χ1n) is 6.31. The van der Waals surface area contributed by atoms with Crippen molar-refractivity contribution in [3.05, 3.63) is 24.3 Å². The van der Waals surface area contributed by atoms with Crippen LogP contribution in [-0.2, 0) is 19.6 Å². The molecule has 8 nitrogen and oxygen atoms in total. The number of sulfonamides is 1. The molecule has 1 aromatic carbocycles. The van der Waals surface area contributed by atoms with E-state index in [-0.39, 0.29) is 10.6 Å². The molecular formula is C13H18N2O6S. The molecule has 122 valence electrons. The van der Waals surface area contributed by atoms with Gasteiger partial charge >= 0.3 is 12.1 Å². The fourth-order valence-electron chi connectivity index (χ4n) is 1.40. The maximum atomic E-state index is 11.9. The summed E-state index contributed by atoms with van der Waals surface area (Å²) in [5.41, 5.74) is -0.468. The van der Waals surface area contributed by atoms with Crippen LogP contribution in [0.5, 0.6) is 0 Å². The van der Waals surface area contributed by atoms with E-state index in [1.54, 1.807) is 20.8 Å². The van der Waals surface area contributed by atoms with E-state index in [4.69, 9.17) is 9.84 Å².